The summed E-state index contributed by atoms with van der Waals surface area (Å²) in [5.41, 5.74) is 10.4. The van der Waals surface area contributed by atoms with Gasteiger partial charge in [0.25, 0.3) is 0 Å². The Labute approximate surface area is 296 Å². The van der Waals surface area contributed by atoms with Gasteiger partial charge in [-0.25, -0.2) is 0 Å². The molecule has 0 spiro atoms. The van der Waals surface area contributed by atoms with Crippen LogP contribution in [0.15, 0.2) is 170 Å². The normalized spacial score (nSPS) is 13.2. The van der Waals surface area contributed by atoms with E-state index in [1.807, 2.05) is 11.3 Å². The molecule has 1 heteroatoms. The topological polar surface area (TPSA) is 0 Å². The number of thiophene rings is 1. The molecule has 1 heterocycles. The first-order valence-corrected chi connectivity index (χ1v) is 18.3. The van der Waals surface area contributed by atoms with E-state index < -0.39 is 0 Å². The number of hydrogen-bond donors (Lipinski definition) is 0. The largest absolute Gasteiger partial charge is 0.135 e. The maximum atomic E-state index is 2.49. The van der Waals surface area contributed by atoms with Crippen LogP contribution in [0.2, 0.25) is 0 Å². The first-order chi connectivity index (χ1) is 24.6. The molecule has 8 aromatic carbocycles. The van der Waals surface area contributed by atoms with Gasteiger partial charge in [0.2, 0.25) is 0 Å². The van der Waals surface area contributed by atoms with Crippen LogP contribution in [0.25, 0.3) is 85.9 Å². The van der Waals surface area contributed by atoms with Gasteiger partial charge in [-0.05, 0) is 89.0 Å². The van der Waals surface area contributed by atoms with Crippen molar-refractivity contribution >= 4 is 63.8 Å². The first-order valence-electron chi connectivity index (χ1n) is 17.4. The van der Waals surface area contributed by atoms with Crippen molar-refractivity contribution in [3.63, 3.8) is 0 Å². The molecule has 50 heavy (non-hydrogen) atoms. The van der Waals surface area contributed by atoms with Crippen molar-refractivity contribution in [1.82, 2.24) is 0 Å². The van der Waals surface area contributed by atoms with Crippen molar-refractivity contribution < 1.29 is 0 Å². The Morgan fingerprint density at radius 3 is 1.78 bits per heavy atom. The molecule has 0 bridgehead atoms. The predicted octanol–water partition coefficient (Wildman–Crippen LogP) is 14.3. The van der Waals surface area contributed by atoms with E-state index in [0.717, 1.165) is 0 Å². The summed E-state index contributed by atoms with van der Waals surface area (Å²) in [5.74, 6) is 0. The van der Waals surface area contributed by atoms with Gasteiger partial charge in [-0.1, -0.05) is 172 Å². The molecule has 0 amide bonds. The van der Waals surface area contributed by atoms with E-state index in [4.69, 9.17) is 0 Å². The van der Waals surface area contributed by atoms with Gasteiger partial charge >= 0.3 is 0 Å². The maximum Gasteiger partial charge on any atom is 0.0440 e. The van der Waals surface area contributed by atoms with Crippen LogP contribution in [0.4, 0.5) is 0 Å². The van der Waals surface area contributed by atoms with Crippen molar-refractivity contribution in [3.8, 4) is 33.4 Å². The van der Waals surface area contributed by atoms with E-state index in [9.17, 15) is 0 Å². The molecular formula is C49H34S. The van der Waals surface area contributed by atoms with Crippen molar-refractivity contribution in [3.05, 3.63) is 181 Å². The Bertz CT molecular complexity index is 2900. The molecule has 0 fully saturated rings. The smallest absolute Gasteiger partial charge is 0.0440 e. The summed E-state index contributed by atoms with van der Waals surface area (Å²) in [7, 11) is 0. The molecule has 0 aliphatic heterocycles. The van der Waals surface area contributed by atoms with Gasteiger partial charge in [-0.15, -0.1) is 11.3 Å². The number of fused-ring (bicyclic) bond motifs is 12. The molecule has 0 radical (unpaired) electrons. The zero-order chi connectivity index (χ0) is 33.4. The average molecular weight is 655 g/mol. The number of hydrogen-bond acceptors (Lipinski definition) is 1. The third-order valence-electron chi connectivity index (χ3n) is 10.9. The Hall–Kier alpha value is -5.76. The lowest BCUT2D eigenvalue weighted by atomic mass is 9.79. The lowest BCUT2D eigenvalue weighted by Crippen LogP contribution is -2.15. The Morgan fingerprint density at radius 1 is 0.420 bits per heavy atom. The molecule has 0 saturated heterocycles. The van der Waals surface area contributed by atoms with Gasteiger partial charge in [0.15, 0.2) is 0 Å². The fraction of sp³-hybridized carbons (Fsp3) is 0.0612. The van der Waals surface area contributed by atoms with E-state index in [1.165, 1.54) is 97.0 Å². The minimum atomic E-state index is -0.180. The Balaban J connectivity index is 1.27. The van der Waals surface area contributed by atoms with Crippen molar-refractivity contribution in [2.75, 3.05) is 0 Å². The molecule has 0 atom stereocenters. The maximum absolute atomic E-state index is 2.49. The molecule has 0 unspecified atom stereocenters. The lowest BCUT2D eigenvalue weighted by Gasteiger charge is -2.24. The summed E-state index contributed by atoms with van der Waals surface area (Å²) in [4.78, 5) is 0. The van der Waals surface area contributed by atoms with Crippen LogP contribution in [0.3, 0.4) is 0 Å². The molecule has 0 nitrogen and oxygen atoms in total. The monoisotopic (exact) mass is 654 g/mol. The summed E-state index contributed by atoms with van der Waals surface area (Å²) in [6.07, 6.45) is 0. The minimum absolute atomic E-state index is 0.180. The molecular weight excluding hydrogens is 621 g/mol. The molecule has 0 saturated carbocycles. The second-order valence-electron chi connectivity index (χ2n) is 14.0. The summed E-state index contributed by atoms with van der Waals surface area (Å²) < 4.78 is 2.74. The van der Waals surface area contributed by atoms with E-state index in [1.54, 1.807) is 0 Å². The second kappa shape index (κ2) is 11.1. The van der Waals surface area contributed by atoms with E-state index >= 15 is 0 Å². The number of benzene rings is 7. The van der Waals surface area contributed by atoms with Crippen LogP contribution in [0.1, 0.15) is 25.0 Å². The molecule has 9 aromatic rings. The summed E-state index contributed by atoms with van der Waals surface area (Å²) >= 11 is 1.93. The van der Waals surface area contributed by atoms with Gasteiger partial charge in [-0.3, -0.25) is 0 Å². The average Bonchev–Trinajstić information content (AvgIpc) is 3.66. The standard InChI is InChI=1S/C49H34S/c1-49(2)43-30-32(28-29-41(43)45-46-42-25-13-14-27-44(42)50-48(46)40-24-12-11-23-39(40)47(45)49)34-18-5-3-4-6-20-37(38-22-10-9-21-35(34)38)36-26-15-17-31-16-7-8-19-33(31)36/h3-30H,1-2H3. The van der Waals surface area contributed by atoms with Gasteiger partial charge in [-0.2, -0.15) is 0 Å². The van der Waals surface area contributed by atoms with Crippen molar-refractivity contribution in [1.29, 1.82) is 0 Å². The fourth-order valence-electron chi connectivity index (χ4n) is 8.65. The van der Waals surface area contributed by atoms with Crippen molar-refractivity contribution in [2.45, 2.75) is 19.3 Å². The van der Waals surface area contributed by atoms with Gasteiger partial charge < -0.3 is 0 Å². The zero-order valence-electron chi connectivity index (χ0n) is 28.1. The molecule has 1 aliphatic carbocycles. The predicted molar refractivity (Wildman–Crippen MR) is 218 cm³/mol. The Morgan fingerprint density at radius 2 is 0.980 bits per heavy atom. The van der Waals surface area contributed by atoms with E-state index in [2.05, 4.69) is 184 Å². The summed E-state index contributed by atoms with van der Waals surface area (Å²) in [6, 6.07) is 62.7. The van der Waals surface area contributed by atoms with Gasteiger partial charge in [0.05, 0.1) is 0 Å². The van der Waals surface area contributed by atoms with Crippen molar-refractivity contribution in [2.24, 2.45) is 0 Å². The van der Waals surface area contributed by atoms with Crippen LogP contribution in [0, 0.1) is 0 Å². The highest BCUT2D eigenvalue weighted by Crippen LogP contribution is 2.57. The fourth-order valence-corrected chi connectivity index (χ4v) is 9.90. The highest BCUT2D eigenvalue weighted by molar-refractivity contribution is 7.26. The third-order valence-corrected chi connectivity index (χ3v) is 12.1. The van der Waals surface area contributed by atoms with Crippen LogP contribution < -0.4 is 0 Å². The third kappa shape index (κ3) is 4.24. The summed E-state index contributed by atoms with van der Waals surface area (Å²) in [6.45, 7) is 4.85. The highest BCUT2D eigenvalue weighted by Gasteiger charge is 2.39. The van der Waals surface area contributed by atoms with E-state index in [-0.39, 0.29) is 5.41 Å². The van der Waals surface area contributed by atoms with E-state index in [0.29, 0.717) is 0 Å². The minimum Gasteiger partial charge on any atom is -0.135 e. The van der Waals surface area contributed by atoms with Crippen LogP contribution in [0.5, 0.6) is 0 Å². The SMILES string of the molecule is CC1(C)c2cc(-c3ccccccc(-c4cccc5ccccc45)c4ccccc34)ccc2-c2c1c1ccccc1c1sc3ccccc3c21. The van der Waals surface area contributed by atoms with Gasteiger partial charge in [0, 0.05) is 25.6 Å². The molecule has 10 rings (SSSR count). The molecule has 1 aliphatic rings. The molecule has 1 aromatic heterocycles. The molecule has 0 N–H and O–H groups in total. The van der Waals surface area contributed by atoms with Crippen LogP contribution >= 0.6 is 11.3 Å². The first kappa shape index (κ1) is 29.2. The van der Waals surface area contributed by atoms with Crippen LogP contribution in [-0.2, 0) is 5.41 Å². The lowest BCUT2D eigenvalue weighted by molar-refractivity contribution is 0.667. The highest BCUT2D eigenvalue weighted by atomic mass is 32.1. The molecule has 236 valence electrons. The number of rotatable bonds is 2. The summed E-state index contributed by atoms with van der Waals surface area (Å²) in [5, 5.41) is 10.5. The second-order valence-corrected chi connectivity index (χ2v) is 15.0. The quantitative estimate of drug-likeness (QED) is 0.174. The Kier molecular flexibility index (Phi) is 6.50. The zero-order valence-corrected chi connectivity index (χ0v) is 28.9. The van der Waals surface area contributed by atoms with Gasteiger partial charge in [0.1, 0.15) is 0 Å². The van der Waals surface area contributed by atoms with Crippen LogP contribution in [-0.4, -0.2) is 0 Å².